The predicted molar refractivity (Wildman–Crippen MR) is 35.5 cm³/mol. The molecule has 0 aromatic rings. The number of fused-ring (bicyclic) bond motifs is 2. The van der Waals surface area contributed by atoms with Gasteiger partial charge in [0.05, 0.1) is 12.2 Å². The Kier molecular flexibility index (Phi) is 0.974. The fourth-order valence-electron chi connectivity index (χ4n) is 1.47. The molecule has 0 aromatic heterocycles. The largest absolute Gasteiger partial charge is 0.366 e. The van der Waals surface area contributed by atoms with Crippen LogP contribution in [0.25, 0.3) is 0 Å². The van der Waals surface area contributed by atoms with Crippen molar-refractivity contribution < 1.29 is 4.74 Å². The molecule has 1 heteroatoms. The second-order valence-corrected chi connectivity index (χ2v) is 2.78. The van der Waals surface area contributed by atoms with E-state index in [1.165, 1.54) is 0 Å². The quantitative estimate of drug-likeness (QED) is 0.439. The fraction of sp³-hybridized carbons (Fsp3) is 0.500. The molecular formula is C8H10O. The molecule has 0 aliphatic carbocycles. The van der Waals surface area contributed by atoms with Crippen LogP contribution < -0.4 is 0 Å². The van der Waals surface area contributed by atoms with E-state index in [9.17, 15) is 0 Å². The maximum Gasteiger partial charge on any atom is 0.0796 e. The van der Waals surface area contributed by atoms with Crippen LogP contribution in [-0.2, 0) is 4.74 Å². The topological polar surface area (TPSA) is 9.23 Å². The Labute approximate surface area is 55.7 Å². The monoisotopic (exact) mass is 122 g/mol. The van der Waals surface area contributed by atoms with E-state index in [-0.39, 0.29) is 12.2 Å². The zero-order valence-corrected chi connectivity index (χ0v) is 5.29. The summed E-state index contributed by atoms with van der Waals surface area (Å²) in [6, 6.07) is 0. The van der Waals surface area contributed by atoms with Crippen molar-refractivity contribution in [3.05, 3.63) is 26.0 Å². The number of rotatable bonds is 0. The standard InChI is InChI=1S/C8H10O/c1-5-6(2)8-4-3-7(5)9-8/h3-8H,1-2H2. The molecule has 0 spiro atoms. The summed E-state index contributed by atoms with van der Waals surface area (Å²) in [6.45, 7) is 7.92. The van der Waals surface area contributed by atoms with Gasteiger partial charge in [0.2, 0.25) is 0 Å². The first kappa shape index (κ1) is 5.48. The van der Waals surface area contributed by atoms with Gasteiger partial charge in [0.25, 0.3) is 0 Å². The number of ether oxygens (including phenoxy) is 1. The minimum atomic E-state index is 0.262. The highest BCUT2D eigenvalue weighted by Crippen LogP contribution is 2.37. The molecular weight excluding hydrogens is 112 g/mol. The third-order valence-corrected chi connectivity index (χ3v) is 2.20. The van der Waals surface area contributed by atoms with Gasteiger partial charge in [-0.1, -0.05) is 12.2 Å². The molecule has 4 atom stereocenters. The predicted octanol–water partition coefficient (Wildman–Crippen LogP) is 1.22. The maximum atomic E-state index is 5.46. The molecule has 0 N–H and O–H groups in total. The van der Waals surface area contributed by atoms with E-state index >= 15 is 0 Å². The average Bonchev–Trinajstić information content (AvgIpc) is 2.37. The van der Waals surface area contributed by atoms with Gasteiger partial charge in [-0.25, -0.2) is 0 Å². The average molecular weight is 122 g/mol. The van der Waals surface area contributed by atoms with E-state index in [2.05, 4.69) is 26.0 Å². The molecule has 2 bridgehead atoms. The van der Waals surface area contributed by atoms with Crippen molar-refractivity contribution >= 4 is 0 Å². The fourth-order valence-corrected chi connectivity index (χ4v) is 1.47. The van der Waals surface area contributed by atoms with E-state index in [1.54, 1.807) is 0 Å². The van der Waals surface area contributed by atoms with E-state index < -0.39 is 0 Å². The van der Waals surface area contributed by atoms with Crippen molar-refractivity contribution in [3.8, 4) is 0 Å². The molecule has 48 valence electrons. The van der Waals surface area contributed by atoms with Gasteiger partial charge in [-0.15, -0.1) is 0 Å². The van der Waals surface area contributed by atoms with Gasteiger partial charge in [0.15, 0.2) is 0 Å². The van der Waals surface area contributed by atoms with Crippen molar-refractivity contribution in [2.45, 2.75) is 12.2 Å². The van der Waals surface area contributed by atoms with Crippen LogP contribution in [-0.4, -0.2) is 12.2 Å². The maximum absolute atomic E-state index is 5.46. The van der Waals surface area contributed by atoms with Crippen molar-refractivity contribution in [3.63, 3.8) is 0 Å². The summed E-state index contributed by atoms with van der Waals surface area (Å²) in [6.07, 6.45) is 4.70. The van der Waals surface area contributed by atoms with E-state index in [1.807, 2.05) is 0 Å². The second-order valence-electron chi connectivity index (χ2n) is 2.78. The molecule has 2 aliphatic rings. The van der Waals surface area contributed by atoms with Gasteiger partial charge in [-0.2, -0.15) is 0 Å². The first-order valence-electron chi connectivity index (χ1n) is 3.29. The molecule has 2 radical (unpaired) electrons. The minimum Gasteiger partial charge on any atom is -0.366 e. The molecule has 0 amide bonds. The third-order valence-electron chi connectivity index (χ3n) is 2.20. The zero-order valence-electron chi connectivity index (χ0n) is 5.29. The van der Waals surface area contributed by atoms with Gasteiger partial charge in [-0.3, -0.25) is 0 Å². The molecule has 1 nitrogen and oxygen atoms in total. The lowest BCUT2D eigenvalue weighted by Crippen LogP contribution is -2.18. The Bertz CT molecular complexity index is 135. The van der Waals surface area contributed by atoms with E-state index in [0.717, 1.165) is 0 Å². The van der Waals surface area contributed by atoms with Gasteiger partial charge in [0, 0.05) is 0 Å². The Balaban J connectivity index is 2.26. The summed E-state index contributed by atoms with van der Waals surface area (Å²) in [5, 5.41) is 0. The first-order valence-corrected chi connectivity index (χ1v) is 3.29. The number of hydrogen-bond acceptors (Lipinski definition) is 1. The molecule has 4 unspecified atom stereocenters. The molecule has 0 saturated carbocycles. The first-order chi connectivity index (χ1) is 4.29. The van der Waals surface area contributed by atoms with Crippen molar-refractivity contribution in [2.24, 2.45) is 11.8 Å². The smallest absolute Gasteiger partial charge is 0.0796 e. The van der Waals surface area contributed by atoms with Crippen LogP contribution in [0.1, 0.15) is 0 Å². The highest BCUT2D eigenvalue weighted by molar-refractivity contribution is 5.15. The highest BCUT2D eigenvalue weighted by Gasteiger charge is 2.40. The minimum absolute atomic E-state index is 0.262. The van der Waals surface area contributed by atoms with Crippen LogP contribution >= 0.6 is 0 Å². The molecule has 1 fully saturated rings. The Morgan fingerprint density at radius 2 is 1.44 bits per heavy atom. The lowest BCUT2D eigenvalue weighted by atomic mass is 9.86. The van der Waals surface area contributed by atoms with E-state index in [4.69, 9.17) is 4.74 Å². The SMILES string of the molecule is [CH2]C1C2C=CC(O2)C1[CH2]. The Hall–Kier alpha value is -0.300. The summed E-state index contributed by atoms with van der Waals surface area (Å²) in [4.78, 5) is 0. The van der Waals surface area contributed by atoms with Crippen LogP contribution in [0.5, 0.6) is 0 Å². The molecule has 2 rings (SSSR count). The molecule has 9 heavy (non-hydrogen) atoms. The van der Waals surface area contributed by atoms with Gasteiger partial charge in [-0.05, 0) is 25.7 Å². The molecule has 0 aromatic carbocycles. The van der Waals surface area contributed by atoms with Crippen LogP contribution in [0.2, 0.25) is 0 Å². The highest BCUT2D eigenvalue weighted by atomic mass is 16.5. The summed E-state index contributed by atoms with van der Waals surface area (Å²) in [7, 11) is 0. The van der Waals surface area contributed by atoms with Gasteiger partial charge >= 0.3 is 0 Å². The lowest BCUT2D eigenvalue weighted by molar-refractivity contribution is 0.109. The van der Waals surface area contributed by atoms with Crippen molar-refractivity contribution in [2.75, 3.05) is 0 Å². The lowest BCUT2D eigenvalue weighted by Gasteiger charge is -2.15. The normalized spacial score (nSPS) is 54.9. The Morgan fingerprint density at radius 1 is 1.00 bits per heavy atom. The molecule has 2 heterocycles. The van der Waals surface area contributed by atoms with Crippen molar-refractivity contribution in [1.82, 2.24) is 0 Å². The second kappa shape index (κ2) is 1.60. The van der Waals surface area contributed by atoms with Gasteiger partial charge in [0.1, 0.15) is 0 Å². The van der Waals surface area contributed by atoms with Gasteiger partial charge < -0.3 is 4.74 Å². The third kappa shape index (κ3) is 0.584. The number of hydrogen-bond donors (Lipinski definition) is 0. The zero-order chi connectivity index (χ0) is 6.43. The molecule has 2 aliphatic heterocycles. The summed E-state index contributed by atoms with van der Waals surface area (Å²) in [5.74, 6) is 0.750. The summed E-state index contributed by atoms with van der Waals surface area (Å²) >= 11 is 0. The Morgan fingerprint density at radius 3 is 1.67 bits per heavy atom. The summed E-state index contributed by atoms with van der Waals surface area (Å²) < 4.78 is 5.46. The summed E-state index contributed by atoms with van der Waals surface area (Å²) in [5.41, 5.74) is 0. The van der Waals surface area contributed by atoms with Crippen LogP contribution in [0.3, 0.4) is 0 Å². The molecule has 1 saturated heterocycles. The van der Waals surface area contributed by atoms with E-state index in [0.29, 0.717) is 11.8 Å². The van der Waals surface area contributed by atoms with Crippen molar-refractivity contribution in [1.29, 1.82) is 0 Å². The van der Waals surface area contributed by atoms with Crippen LogP contribution in [0, 0.1) is 25.7 Å². The van der Waals surface area contributed by atoms with Crippen LogP contribution in [0.4, 0.5) is 0 Å². The van der Waals surface area contributed by atoms with Crippen LogP contribution in [0.15, 0.2) is 12.2 Å².